The van der Waals surface area contributed by atoms with Crippen LogP contribution in [-0.2, 0) is 13.1 Å². The minimum Gasteiger partial charge on any atom is -0.507 e. The topological polar surface area (TPSA) is 64.5 Å². The molecule has 0 aliphatic carbocycles. The number of para-hydroxylation sites is 2. The van der Waals surface area contributed by atoms with E-state index < -0.39 is 0 Å². The molecule has 4 N–H and O–H groups in total. The Kier molecular flexibility index (Phi) is 5.81. The summed E-state index contributed by atoms with van der Waals surface area (Å²) in [5.74, 6) is 0.736. The zero-order valence-electron chi connectivity index (χ0n) is 13.2. The number of nitrogens with one attached hydrogen (secondary N) is 2. The van der Waals surface area contributed by atoms with E-state index in [-0.39, 0.29) is 0 Å². The maximum Gasteiger partial charge on any atom is 0.122 e. The second-order valence-electron chi connectivity index (χ2n) is 5.52. The molecule has 0 aliphatic heterocycles. The molecule has 0 saturated carbocycles. The summed E-state index contributed by atoms with van der Waals surface area (Å²) in [6.07, 6.45) is 0. The summed E-state index contributed by atoms with van der Waals surface area (Å²) in [6, 6.07) is 11.5. The maximum absolute atomic E-state index is 9.92. The molecule has 0 saturated heterocycles. The molecule has 0 bridgehead atoms. The van der Waals surface area contributed by atoms with Gasteiger partial charge in [0.1, 0.15) is 11.5 Å². The Labute approximate surface area is 131 Å². The molecule has 2 rings (SSSR count). The van der Waals surface area contributed by atoms with Crippen molar-refractivity contribution >= 4 is 0 Å². The SMILES string of the molecule is Cc1cccc(CNCCNCc2cccc(C)c2O)c1O. The number of phenolic OH excluding ortho intramolecular Hbond substituents is 2. The van der Waals surface area contributed by atoms with Gasteiger partial charge in [-0.3, -0.25) is 0 Å². The third kappa shape index (κ3) is 4.23. The molecule has 4 heteroatoms. The molecular formula is C18H24N2O2. The molecule has 0 unspecified atom stereocenters. The summed E-state index contributed by atoms with van der Waals surface area (Å²) in [5, 5.41) is 26.4. The van der Waals surface area contributed by atoms with Crippen LogP contribution in [0.3, 0.4) is 0 Å². The lowest BCUT2D eigenvalue weighted by molar-refractivity contribution is 0.457. The minimum absolute atomic E-state index is 0.368. The molecule has 0 amide bonds. The zero-order chi connectivity index (χ0) is 15.9. The van der Waals surface area contributed by atoms with Crippen molar-refractivity contribution in [2.45, 2.75) is 26.9 Å². The molecule has 0 aliphatic rings. The second-order valence-corrected chi connectivity index (χ2v) is 5.52. The Balaban J connectivity index is 1.70. The fourth-order valence-corrected chi connectivity index (χ4v) is 2.35. The van der Waals surface area contributed by atoms with Crippen molar-refractivity contribution in [1.82, 2.24) is 10.6 Å². The smallest absolute Gasteiger partial charge is 0.122 e. The van der Waals surface area contributed by atoms with Crippen LogP contribution in [0.5, 0.6) is 11.5 Å². The molecule has 0 spiro atoms. The Hall–Kier alpha value is -2.04. The molecule has 0 atom stereocenters. The van der Waals surface area contributed by atoms with Crippen LogP contribution in [0.2, 0.25) is 0 Å². The van der Waals surface area contributed by atoms with E-state index in [0.717, 1.165) is 35.3 Å². The molecular weight excluding hydrogens is 276 g/mol. The average Bonchev–Trinajstić information content (AvgIpc) is 2.51. The Bertz CT molecular complexity index is 571. The quantitative estimate of drug-likeness (QED) is 0.594. The van der Waals surface area contributed by atoms with Crippen LogP contribution in [0, 0.1) is 13.8 Å². The number of hydrogen-bond donors (Lipinski definition) is 4. The van der Waals surface area contributed by atoms with Crippen LogP contribution in [-0.4, -0.2) is 23.3 Å². The summed E-state index contributed by atoms with van der Waals surface area (Å²) in [6.45, 7) is 6.67. The van der Waals surface area contributed by atoms with E-state index in [2.05, 4.69) is 10.6 Å². The normalized spacial score (nSPS) is 10.8. The largest absolute Gasteiger partial charge is 0.507 e. The number of aromatic hydroxyl groups is 2. The van der Waals surface area contributed by atoms with Gasteiger partial charge in [-0.05, 0) is 25.0 Å². The van der Waals surface area contributed by atoms with Crippen LogP contribution < -0.4 is 10.6 Å². The third-order valence-corrected chi connectivity index (χ3v) is 3.75. The lowest BCUT2D eigenvalue weighted by Crippen LogP contribution is -2.26. The molecule has 2 aromatic carbocycles. The number of phenols is 2. The molecule has 0 radical (unpaired) electrons. The number of aryl methyl sites for hydroxylation is 2. The van der Waals surface area contributed by atoms with Gasteiger partial charge in [-0.1, -0.05) is 36.4 Å². The van der Waals surface area contributed by atoms with Gasteiger partial charge in [-0.25, -0.2) is 0 Å². The van der Waals surface area contributed by atoms with Gasteiger partial charge < -0.3 is 20.8 Å². The predicted octanol–water partition coefficient (Wildman–Crippen LogP) is 2.59. The highest BCUT2D eigenvalue weighted by atomic mass is 16.3. The van der Waals surface area contributed by atoms with Gasteiger partial charge in [0.05, 0.1) is 0 Å². The fourth-order valence-electron chi connectivity index (χ4n) is 2.35. The monoisotopic (exact) mass is 300 g/mol. The first-order valence-electron chi connectivity index (χ1n) is 7.56. The van der Waals surface area contributed by atoms with Gasteiger partial charge in [0.2, 0.25) is 0 Å². The first kappa shape index (κ1) is 16.3. The summed E-state index contributed by atoms with van der Waals surface area (Å²) >= 11 is 0. The van der Waals surface area contributed by atoms with Crippen LogP contribution in [0.15, 0.2) is 36.4 Å². The average molecular weight is 300 g/mol. The van der Waals surface area contributed by atoms with E-state index in [1.165, 1.54) is 0 Å². The Morgan fingerprint density at radius 1 is 0.727 bits per heavy atom. The minimum atomic E-state index is 0.368. The summed E-state index contributed by atoms with van der Waals surface area (Å²) in [4.78, 5) is 0. The van der Waals surface area contributed by atoms with Gasteiger partial charge in [0, 0.05) is 37.3 Å². The van der Waals surface area contributed by atoms with Gasteiger partial charge >= 0.3 is 0 Å². The summed E-state index contributed by atoms with van der Waals surface area (Å²) < 4.78 is 0. The van der Waals surface area contributed by atoms with Crippen molar-refractivity contribution in [3.63, 3.8) is 0 Å². The molecule has 0 heterocycles. The van der Waals surface area contributed by atoms with Crippen molar-refractivity contribution in [1.29, 1.82) is 0 Å². The van der Waals surface area contributed by atoms with Gasteiger partial charge in [0.25, 0.3) is 0 Å². The van der Waals surface area contributed by atoms with Gasteiger partial charge in [0.15, 0.2) is 0 Å². The maximum atomic E-state index is 9.92. The zero-order valence-corrected chi connectivity index (χ0v) is 13.2. The Morgan fingerprint density at radius 2 is 1.14 bits per heavy atom. The van der Waals surface area contributed by atoms with Crippen molar-refractivity contribution in [3.8, 4) is 11.5 Å². The lowest BCUT2D eigenvalue weighted by Gasteiger charge is -2.10. The van der Waals surface area contributed by atoms with Crippen molar-refractivity contribution in [3.05, 3.63) is 58.7 Å². The summed E-state index contributed by atoms with van der Waals surface area (Å²) in [7, 11) is 0. The van der Waals surface area contributed by atoms with E-state index in [1.807, 2.05) is 50.2 Å². The summed E-state index contributed by atoms with van der Waals surface area (Å²) in [5.41, 5.74) is 3.62. The van der Waals surface area contributed by atoms with E-state index in [9.17, 15) is 10.2 Å². The van der Waals surface area contributed by atoms with E-state index in [0.29, 0.717) is 24.6 Å². The van der Waals surface area contributed by atoms with Crippen LogP contribution in [0.4, 0.5) is 0 Å². The molecule has 2 aromatic rings. The highest BCUT2D eigenvalue weighted by molar-refractivity contribution is 5.39. The molecule has 22 heavy (non-hydrogen) atoms. The first-order valence-corrected chi connectivity index (χ1v) is 7.56. The molecule has 4 nitrogen and oxygen atoms in total. The van der Waals surface area contributed by atoms with Crippen molar-refractivity contribution in [2.24, 2.45) is 0 Å². The fraction of sp³-hybridized carbons (Fsp3) is 0.333. The second kappa shape index (κ2) is 7.82. The third-order valence-electron chi connectivity index (χ3n) is 3.75. The van der Waals surface area contributed by atoms with E-state index in [4.69, 9.17) is 0 Å². The number of benzene rings is 2. The van der Waals surface area contributed by atoms with E-state index in [1.54, 1.807) is 0 Å². The molecule has 118 valence electrons. The predicted molar refractivity (Wildman–Crippen MR) is 89.1 cm³/mol. The van der Waals surface area contributed by atoms with Crippen LogP contribution >= 0.6 is 0 Å². The number of hydrogen-bond acceptors (Lipinski definition) is 4. The Morgan fingerprint density at radius 3 is 1.55 bits per heavy atom. The van der Waals surface area contributed by atoms with Crippen molar-refractivity contribution < 1.29 is 10.2 Å². The van der Waals surface area contributed by atoms with Crippen LogP contribution in [0.25, 0.3) is 0 Å². The first-order chi connectivity index (χ1) is 10.6. The van der Waals surface area contributed by atoms with E-state index >= 15 is 0 Å². The molecule has 0 aromatic heterocycles. The van der Waals surface area contributed by atoms with Crippen molar-refractivity contribution in [2.75, 3.05) is 13.1 Å². The highest BCUT2D eigenvalue weighted by Crippen LogP contribution is 2.21. The lowest BCUT2D eigenvalue weighted by atomic mass is 10.1. The van der Waals surface area contributed by atoms with Gasteiger partial charge in [-0.2, -0.15) is 0 Å². The van der Waals surface area contributed by atoms with Crippen LogP contribution in [0.1, 0.15) is 22.3 Å². The standard InChI is InChI=1S/C18H24N2O2/c1-13-5-3-7-15(17(13)21)11-19-9-10-20-12-16-8-4-6-14(2)18(16)22/h3-8,19-22H,9-12H2,1-2H3. The number of rotatable bonds is 7. The highest BCUT2D eigenvalue weighted by Gasteiger charge is 2.04. The molecule has 0 fully saturated rings. The van der Waals surface area contributed by atoms with Gasteiger partial charge in [-0.15, -0.1) is 0 Å².